The molecule has 2 rings (SSSR count). The van der Waals surface area contributed by atoms with Gasteiger partial charge in [0.1, 0.15) is 0 Å². The van der Waals surface area contributed by atoms with Crippen LogP contribution in [0.2, 0.25) is 0 Å². The molecule has 2 N–H and O–H groups in total. The van der Waals surface area contributed by atoms with Gasteiger partial charge in [0.25, 0.3) is 0 Å². The van der Waals surface area contributed by atoms with Crippen molar-refractivity contribution >= 4 is 46.6 Å². The molecule has 5 nitrogen and oxygen atoms in total. The van der Waals surface area contributed by atoms with E-state index in [9.17, 15) is 9.59 Å². The van der Waals surface area contributed by atoms with Crippen LogP contribution in [0.4, 0.5) is 0 Å². The average molecular weight is 353 g/mol. The molecule has 1 aromatic heterocycles. The Hall–Kier alpha value is -1.38. The highest BCUT2D eigenvalue weighted by Gasteiger charge is 2.11. The molecule has 0 aliphatic heterocycles. The number of benzene rings is 1. The van der Waals surface area contributed by atoms with Gasteiger partial charge in [0.05, 0.1) is 11.5 Å². The number of carbonyl (C=O) groups excluding carboxylic acids is 2. The lowest BCUT2D eigenvalue weighted by atomic mass is 10.1. The SMILES string of the molecule is CCc1ccc(C(=O)CSc2nnc(SCC(N)=O)s2)cc1. The normalized spacial score (nSPS) is 10.6. The van der Waals surface area contributed by atoms with Crippen molar-refractivity contribution in [2.24, 2.45) is 5.73 Å². The highest BCUT2D eigenvalue weighted by atomic mass is 32.2. The summed E-state index contributed by atoms with van der Waals surface area (Å²) in [6, 6.07) is 7.66. The second-order valence-electron chi connectivity index (χ2n) is 4.35. The fraction of sp³-hybridized carbons (Fsp3) is 0.286. The lowest BCUT2D eigenvalue weighted by Crippen LogP contribution is -2.12. The minimum absolute atomic E-state index is 0.0641. The van der Waals surface area contributed by atoms with E-state index in [0.29, 0.717) is 20.0 Å². The number of rotatable bonds is 8. The number of thioether (sulfide) groups is 2. The lowest BCUT2D eigenvalue weighted by molar-refractivity contribution is -0.115. The van der Waals surface area contributed by atoms with Gasteiger partial charge in [-0.2, -0.15) is 0 Å². The van der Waals surface area contributed by atoms with Crippen LogP contribution in [0.3, 0.4) is 0 Å². The summed E-state index contributed by atoms with van der Waals surface area (Å²) in [7, 11) is 0. The van der Waals surface area contributed by atoms with E-state index in [1.54, 1.807) is 0 Å². The molecule has 22 heavy (non-hydrogen) atoms. The van der Waals surface area contributed by atoms with Gasteiger partial charge in [-0.25, -0.2) is 0 Å². The van der Waals surface area contributed by atoms with E-state index in [0.717, 1.165) is 6.42 Å². The largest absolute Gasteiger partial charge is 0.369 e. The molecular weight excluding hydrogens is 338 g/mol. The summed E-state index contributed by atoms with van der Waals surface area (Å²) >= 11 is 3.97. The molecule has 2 aromatic rings. The van der Waals surface area contributed by atoms with Crippen molar-refractivity contribution in [1.29, 1.82) is 0 Å². The van der Waals surface area contributed by atoms with Crippen molar-refractivity contribution in [3.63, 3.8) is 0 Å². The van der Waals surface area contributed by atoms with Crippen LogP contribution in [0.15, 0.2) is 32.9 Å². The average Bonchev–Trinajstić information content (AvgIpc) is 2.98. The summed E-state index contributed by atoms with van der Waals surface area (Å²) in [5, 5.41) is 7.95. The minimum atomic E-state index is -0.389. The fourth-order valence-electron chi connectivity index (χ4n) is 1.58. The maximum absolute atomic E-state index is 12.1. The predicted octanol–water partition coefficient (Wildman–Crippen LogP) is 2.65. The second kappa shape index (κ2) is 8.30. The van der Waals surface area contributed by atoms with Crippen LogP contribution in [0.5, 0.6) is 0 Å². The lowest BCUT2D eigenvalue weighted by Gasteiger charge is -2.01. The molecule has 0 unspecified atom stereocenters. The Morgan fingerprint density at radius 2 is 1.68 bits per heavy atom. The molecule has 0 bridgehead atoms. The topological polar surface area (TPSA) is 85.9 Å². The summed E-state index contributed by atoms with van der Waals surface area (Å²) < 4.78 is 1.39. The number of ketones is 1. The quantitative estimate of drug-likeness (QED) is 0.580. The van der Waals surface area contributed by atoms with E-state index in [1.165, 1.54) is 40.4 Å². The molecule has 1 amide bonds. The molecule has 1 heterocycles. The van der Waals surface area contributed by atoms with E-state index < -0.39 is 0 Å². The molecule has 0 aliphatic carbocycles. The number of hydrogen-bond acceptors (Lipinski definition) is 7. The van der Waals surface area contributed by atoms with E-state index in [1.807, 2.05) is 24.3 Å². The molecular formula is C14H15N3O2S3. The number of amides is 1. The van der Waals surface area contributed by atoms with Crippen molar-refractivity contribution < 1.29 is 9.59 Å². The molecule has 116 valence electrons. The Balaban J connectivity index is 1.86. The molecule has 0 aliphatic rings. The van der Waals surface area contributed by atoms with E-state index in [2.05, 4.69) is 17.1 Å². The fourth-order valence-corrected chi connectivity index (χ4v) is 4.24. The van der Waals surface area contributed by atoms with Crippen LogP contribution in [0.1, 0.15) is 22.8 Å². The number of Topliss-reactive ketones (excluding diaryl/α,β-unsaturated/α-hetero) is 1. The van der Waals surface area contributed by atoms with Gasteiger partial charge in [0.2, 0.25) is 5.91 Å². The first-order chi connectivity index (χ1) is 10.6. The number of hydrogen-bond donors (Lipinski definition) is 1. The summed E-state index contributed by atoms with van der Waals surface area (Å²) in [6.07, 6.45) is 0.958. The van der Waals surface area contributed by atoms with Gasteiger partial charge in [-0.3, -0.25) is 9.59 Å². The molecule has 0 saturated carbocycles. The highest BCUT2D eigenvalue weighted by Crippen LogP contribution is 2.28. The summed E-state index contributed by atoms with van der Waals surface area (Å²) in [5.41, 5.74) is 7.00. The first-order valence-electron chi connectivity index (χ1n) is 6.58. The smallest absolute Gasteiger partial charge is 0.227 e. The third kappa shape index (κ3) is 5.11. The number of nitrogens with zero attached hydrogens (tertiary/aromatic N) is 2. The number of aryl methyl sites for hydroxylation is 1. The van der Waals surface area contributed by atoms with Crippen molar-refractivity contribution in [3.05, 3.63) is 35.4 Å². The first-order valence-corrected chi connectivity index (χ1v) is 9.36. The molecule has 0 radical (unpaired) electrons. The summed E-state index contributed by atoms with van der Waals surface area (Å²) in [6.45, 7) is 2.08. The Morgan fingerprint density at radius 3 is 2.23 bits per heavy atom. The van der Waals surface area contributed by atoms with E-state index in [4.69, 9.17) is 5.73 Å². The molecule has 1 aromatic carbocycles. The Morgan fingerprint density at radius 1 is 1.09 bits per heavy atom. The van der Waals surface area contributed by atoms with Crippen LogP contribution in [-0.2, 0) is 11.2 Å². The molecule has 0 atom stereocenters. The number of primary amides is 1. The zero-order chi connectivity index (χ0) is 15.9. The minimum Gasteiger partial charge on any atom is -0.369 e. The zero-order valence-electron chi connectivity index (χ0n) is 11.9. The van der Waals surface area contributed by atoms with Crippen LogP contribution < -0.4 is 5.73 Å². The Labute approximate surface area is 141 Å². The van der Waals surface area contributed by atoms with Crippen molar-refractivity contribution in [2.75, 3.05) is 11.5 Å². The third-order valence-electron chi connectivity index (χ3n) is 2.74. The van der Waals surface area contributed by atoms with Crippen molar-refractivity contribution in [3.8, 4) is 0 Å². The van der Waals surface area contributed by atoms with Gasteiger partial charge in [-0.15, -0.1) is 10.2 Å². The van der Waals surface area contributed by atoms with E-state index in [-0.39, 0.29) is 17.4 Å². The predicted molar refractivity (Wildman–Crippen MR) is 90.7 cm³/mol. The van der Waals surface area contributed by atoms with Gasteiger partial charge in [0.15, 0.2) is 14.5 Å². The van der Waals surface area contributed by atoms with Crippen LogP contribution in [0.25, 0.3) is 0 Å². The third-order valence-corrected chi connectivity index (χ3v) is 5.95. The van der Waals surface area contributed by atoms with Gasteiger partial charge in [-0.1, -0.05) is 66.0 Å². The highest BCUT2D eigenvalue weighted by molar-refractivity contribution is 8.03. The maximum atomic E-state index is 12.1. The summed E-state index contributed by atoms with van der Waals surface area (Å²) in [4.78, 5) is 22.8. The van der Waals surface area contributed by atoms with Crippen molar-refractivity contribution in [1.82, 2.24) is 10.2 Å². The zero-order valence-corrected chi connectivity index (χ0v) is 14.4. The van der Waals surface area contributed by atoms with Crippen LogP contribution in [-0.4, -0.2) is 33.4 Å². The summed E-state index contributed by atoms with van der Waals surface area (Å²) in [5.74, 6) is 0.178. The van der Waals surface area contributed by atoms with E-state index >= 15 is 0 Å². The van der Waals surface area contributed by atoms with Gasteiger partial charge in [-0.05, 0) is 12.0 Å². The molecule has 0 fully saturated rings. The van der Waals surface area contributed by atoms with Gasteiger partial charge in [0, 0.05) is 5.56 Å². The van der Waals surface area contributed by atoms with Gasteiger partial charge < -0.3 is 5.73 Å². The standard InChI is InChI=1S/C14H15N3O2S3/c1-2-9-3-5-10(6-4-9)11(18)7-20-13-16-17-14(22-13)21-8-12(15)19/h3-6H,2,7-8H2,1H3,(H2,15,19). The Kier molecular flexibility index (Phi) is 6.41. The monoisotopic (exact) mass is 353 g/mol. The Bertz CT molecular complexity index is 656. The molecule has 0 saturated heterocycles. The molecule has 8 heteroatoms. The second-order valence-corrected chi connectivity index (χ2v) is 7.77. The van der Waals surface area contributed by atoms with Crippen LogP contribution in [0, 0.1) is 0 Å². The number of carbonyl (C=O) groups is 2. The van der Waals surface area contributed by atoms with Crippen molar-refractivity contribution in [2.45, 2.75) is 22.0 Å². The molecule has 0 spiro atoms. The number of nitrogens with two attached hydrogens (primary N) is 1. The van der Waals surface area contributed by atoms with Gasteiger partial charge >= 0.3 is 0 Å². The maximum Gasteiger partial charge on any atom is 0.227 e. The first kappa shape index (κ1) is 17.0. The van der Waals surface area contributed by atoms with Crippen LogP contribution >= 0.6 is 34.9 Å². The number of aromatic nitrogens is 2.